The number of fused-ring (bicyclic) bond motifs is 1. The summed E-state index contributed by atoms with van der Waals surface area (Å²) in [5, 5.41) is 29.8. The Morgan fingerprint density at radius 3 is 2.64 bits per heavy atom. The van der Waals surface area contributed by atoms with Gasteiger partial charge in [-0.1, -0.05) is 30.3 Å². The zero-order chi connectivity index (χ0) is 19.8. The van der Waals surface area contributed by atoms with Gasteiger partial charge in [0.25, 0.3) is 5.56 Å². The van der Waals surface area contributed by atoms with Crippen LogP contribution in [0.5, 0.6) is 6.01 Å². The van der Waals surface area contributed by atoms with Crippen LogP contribution in [0.1, 0.15) is 11.8 Å². The molecule has 11 heteroatoms. The molecule has 11 nitrogen and oxygen atoms in total. The number of aromatic amines is 1. The first kappa shape index (κ1) is 18.4. The first-order valence-electron chi connectivity index (χ1n) is 8.56. The number of benzene rings is 1. The smallest absolute Gasteiger partial charge is 0.301 e. The molecule has 4 rings (SSSR count). The molecule has 2 aromatic heterocycles. The van der Waals surface area contributed by atoms with Gasteiger partial charge in [0.2, 0.25) is 5.95 Å². The SMILES string of the molecule is Nc1nc2c(nc(OCc3ccccc3)n2[C@@H]2O[C@H](CO)[C@@H](O)[C@@H]2O)c(=O)[nH]1. The number of aromatic nitrogens is 4. The van der Waals surface area contributed by atoms with E-state index in [1.807, 2.05) is 30.3 Å². The Morgan fingerprint density at radius 1 is 1.21 bits per heavy atom. The number of ether oxygens (including phenoxy) is 2. The summed E-state index contributed by atoms with van der Waals surface area (Å²) in [6, 6.07) is 9.22. The van der Waals surface area contributed by atoms with E-state index >= 15 is 0 Å². The van der Waals surface area contributed by atoms with E-state index in [9.17, 15) is 20.1 Å². The topological polar surface area (TPSA) is 169 Å². The van der Waals surface area contributed by atoms with Crippen LogP contribution in [0.3, 0.4) is 0 Å². The molecule has 0 radical (unpaired) electrons. The van der Waals surface area contributed by atoms with Crippen molar-refractivity contribution in [3.63, 3.8) is 0 Å². The normalized spacial score (nSPS) is 24.7. The Labute approximate surface area is 158 Å². The highest BCUT2D eigenvalue weighted by molar-refractivity contribution is 5.72. The maximum absolute atomic E-state index is 12.2. The van der Waals surface area contributed by atoms with Crippen molar-refractivity contribution in [2.45, 2.75) is 31.1 Å². The van der Waals surface area contributed by atoms with Gasteiger partial charge in [0.05, 0.1) is 6.61 Å². The first-order valence-corrected chi connectivity index (χ1v) is 8.56. The summed E-state index contributed by atoms with van der Waals surface area (Å²) in [4.78, 5) is 22.8. The van der Waals surface area contributed by atoms with Crippen LogP contribution >= 0.6 is 0 Å². The minimum Gasteiger partial charge on any atom is -0.460 e. The number of hydrogen-bond donors (Lipinski definition) is 5. The van der Waals surface area contributed by atoms with Gasteiger partial charge in [-0.3, -0.25) is 9.78 Å². The van der Waals surface area contributed by atoms with Gasteiger partial charge >= 0.3 is 6.01 Å². The van der Waals surface area contributed by atoms with E-state index in [0.29, 0.717) is 0 Å². The lowest BCUT2D eigenvalue weighted by atomic mass is 10.1. The maximum Gasteiger partial charge on any atom is 0.301 e. The molecule has 148 valence electrons. The standard InChI is InChI=1S/C17H19N5O6/c18-16-20-13-10(14(26)21-16)19-17(27-7-8-4-2-1-3-5-8)22(13)15-12(25)11(24)9(6-23)28-15/h1-5,9,11-12,15,23-25H,6-7H2,(H3,18,20,21,26)/t9-,11-,12+,15-/m1/s1. The third-order valence-corrected chi connectivity index (χ3v) is 4.52. The van der Waals surface area contributed by atoms with E-state index in [4.69, 9.17) is 15.2 Å². The number of rotatable bonds is 5. The largest absolute Gasteiger partial charge is 0.460 e. The fourth-order valence-electron chi connectivity index (χ4n) is 3.13. The average molecular weight is 389 g/mol. The van der Waals surface area contributed by atoms with Crippen LogP contribution in [0.15, 0.2) is 35.1 Å². The second-order valence-corrected chi connectivity index (χ2v) is 6.39. The fourth-order valence-corrected chi connectivity index (χ4v) is 3.13. The molecule has 0 unspecified atom stereocenters. The van der Waals surface area contributed by atoms with Crippen LogP contribution in [0.4, 0.5) is 5.95 Å². The number of imidazole rings is 1. The molecule has 0 amide bonds. The van der Waals surface area contributed by atoms with Gasteiger partial charge in [0, 0.05) is 0 Å². The van der Waals surface area contributed by atoms with Crippen LogP contribution in [-0.2, 0) is 11.3 Å². The van der Waals surface area contributed by atoms with Gasteiger partial charge in [-0.2, -0.15) is 9.97 Å². The summed E-state index contributed by atoms with van der Waals surface area (Å²) in [6.45, 7) is -0.371. The van der Waals surface area contributed by atoms with Crippen LogP contribution < -0.4 is 16.0 Å². The molecule has 28 heavy (non-hydrogen) atoms. The van der Waals surface area contributed by atoms with Gasteiger partial charge in [-0.15, -0.1) is 0 Å². The van der Waals surface area contributed by atoms with E-state index in [1.54, 1.807) is 0 Å². The molecular formula is C17H19N5O6. The van der Waals surface area contributed by atoms with Gasteiger partial charge in [-0.25, -0.2) is 4.57 Å². The quantitative estimate of drug-likeness (QED) is 0.363. The highest BCUT2D eigenvalue weighted by atomic mass is 16.6. The van der Waals surface area contributed by atoms with E-state index in [0.717, 1.165) is 5.56 Å². The number of anilines is 1. The molecule has 6 N–H and O–H groups in total. The predicted molar refractivity (Wildman–Crippen MR) is 96.3 cm³/mol. The molecule has 4 atom stereocenters. The van der Waals surface area contributed by atoms with Crippen molar-refractivity contribution in [3.8, 4) is 6.01 Å². The zero-order valence-corrected chi connectivity index (χ0v) is 14.6. The lowest BCUT2D eigenvalue weighted by Gasteiger charge is -2.19. The van der Waals surface area contributed by atoms with Crippen LogP contribution in [0, 0.1) is 0 Å². The summed E-state index contributed by atoms with van der Waals surface area (Å²) in [5.41, 5.74) is 5.87. The van der Waals surface area contributed by atoms with Crippen LogP contribution in [0.2, 0.25) is 0 Å². The Bertz CT molecular complexity index is 1040. The van der Waals surface area contributed by atoms with Crippen LogP contribution in [0.25, 0.3) is 11.2 Å². The molecule has 3 heterocycles. The van der Waals surface area contributed by atoms with Crippen molar-refractivity contribution >= 4 is 17.1 Å². The second kappa shape index (κ2) is 7.20. The van der Waals surface area contributed by atoms with E-state index < -0.39 is 36.7 Å². The number of nitrogens with one attached hydrogen (secondary N) is 1. The fraction of sp³-hybridized carbons (Fsp3) is 0.353. The minimum absolute atomic E-state index is 0.0270. The Balaban J connectivity index is 1.79. The number of H-pyrrole nitrogens is 1. The molecule has 0 aliphatic carbocycles. The summed E-state index contributed by atoms with van der Waals surface area (Å²) >= 11 is 0. The predicted octanol–water partition coefficient (Wildman–Crippen LogP) is -1.11. The number of hydrogen-bond acceptors (Lipinski definition) is 9. The number of nitrogen functional groups attached to an aromatic ring is 1. The lowest BCUT2D eigenvalue weighted by molar-refractivity contribution is -0.0545. The third-order valence-electron chi connectivity index (χ3n) is 4.52. The molecule has 1 aromatic carbocycles. The molecule has 1 aliphatic rings. The molecule has 0 saturated carbocycles. The Hall–Kier alpha value is -2.99. The monoisotopic (exact) mass is 389 g/mol. The molecule has 1 fully saturated rings. The van der Waals surface area contributed by atoms with Crippen molar-refractivity contribution in [2.75, 3.05) is 12.3 Å². The molecule has 3 aromatic rings. The number of aliphatic hydroxyl groups is 3. The molecule has 0 spiro atoms. The Morgan fingerprint density at radius 2 is 1.96 bits per heavy atom. The van der Waals surface area contributed by atoms with E-state index in [2.05, 4.69) is 15.0 Å². The highest BCUT2D eigenvalue weighted by Crippen LogP contribution is 2.34. The zero-order valence-electron chi connectivity index (χ0n) is 14.6. The van der Waals surface area contributed by atoms with E-state index in [-0.39, 0.29) is 29.7 Å². The van der Waals surface area contributed by atoms with Gasteiger partial charge in [-0.05, 0) is 5.56 Å². The minimum atomic E-state index is -1.41. The third kappa shape index (κ3) is 3.10. The molecule has 0 bridgehead atoms. The lowest BCUT2D eigenvalue weighted by Crippen LogP contribution is -2.33. The van der Waals surface area contributed by atoms with Crippen LogP contribution in [-0.4, -0.2) is 59.8 Å². The van der Waals surface area contributed by atoms with Gasteiger partial charge in [0.1, 0.15) is 24.9 Å². The highest BCUT2D eigenvalue weighted by Gasteiger charge is 2.45. The number of aliphatic hydroxyl groups excluding tert-OH is 3. The first-order chi connectivity index (χ1) is 13.5. The average Bonchev–Trinajstić information content (AvgIpc) is 3.18. The summed E-state index contributed by atoms with van der Waals surface area (Å²) in [5.74, 6) is -0.153. The van der Waals surface area contributed by atoms with Crippen molar-refractivity contribution in [1.29, 1.82) is 0 Å². The summed E-state index contributed by atoms with van der Waals surface area (Å²) in [6.07, 6.45) is -4.94. The Kier molecular flexibility index (Phi) is 4.73. The summed E-state index contributed by atoms with van der Waals surface area (Å²) in [7, 11) is 0. The van der Waals surface area contributed by atoms with E-state index in [1.165, 1.54) is 4.57 Å². The maximum atomic E-state index is 12.2. The van der Waals surface area contributed by atoms with Crippen molar-refractivity contribution in [3.05, 3.63) is 46.2 Å². The molecular weight excluding hydrogens is 370 g/mol. The molecule has 1 saturated heterocycles. The van der Waals surface area contributed by atoms with Crippen molar-refractivity contribution in [1.82, 2.24) is 19.5 Å². The second-order valence-electron chi connectivity index (χ2n) is 6.39. The van der Waals surface area contributed by atoms with Crippen molar-refractivity contribution < 1.29 is 24.8 Å². The molecule has 1 aliphatic heterocycles. The van der Waals surface area contributed by atoms with Gasteiger partial charge in [0.15, 0.2) is 17.4 Å². The number of nitrogens with two attached hydrogens (primary N) is 1. The van der Waals surface area contributed by atoms with Crippen molar-refractivity contribution in [2.24, 2.45) is 0 Å². The number of nitrogens with zero attached hydrogens (tertiary/aromatic N) is 3. The van der Waals surface area contributed by atoms with Gasteiger partial charge < -0.3 is 30.5 Å². The summed E-state index contributed by atoms with van der Waals surface area (Å²) < 4.78 is 12.6.